The first-order valence-electron chi connectivity index (χ1n) is 7.29. The Morgan fingerprint density at radius 1 is 1.33 bits per heavy atom. The SMILES string of the molecule is CCc1nn(CC(C)N)c2cc(Br)ccc12.O=C(O)/C=C/C(=O)O. The number of halogens is 1. The van der Waals surface area contributed by atoms with E-state index in [9.17, 15) is 9.59 Å². The topological polar surface area (TPSA) is 118 Å². The molecular weight excluding hydrogens is 378 g/mol. The second kappa shape index (κ2) is 9.19. The van der Waals surface area contributed by atoms with Crippen LogP contribution in [-0.4, -0.2) is 38.0 Å². The van der Waals surface area contributed by atoms with E-state index in [1.165, 1.54) is 5.39 Å². The minimum atomic E-state index is -1.26. The van der Waals surface area contributed by atoms with Crippen molar-refractivity contribution in [1.29, 1.82) is 0 Å². The second-order valence-corrected chi connectivity index (χ2v) is 6.05. The van der Waals surface area contributed by atoms with Crippen LogP contribution in [0.5, 0.6) is 0 Å². The zero-order valence-electron chi connectivity index (χ0n) is 13.4. The van der Waals surface area contributed by atoms with Gasteiger partial charge in [-0.3, -0.25) is 4.68 Å². The van der Waals surface area contributed by atoms with Gasteiger partial charge in [0, 0.05) is 28.1 Å². The molecule has 0 saturated heterocycles. The van der Waals surface area contributed by atoms with E-state index in [-0.39, 0.29) is 6.04 Å². The molecule has 4 N–H and O–H groups in total. The van der Waals surface area contributed by atoms with Gasteiger partial charge in [0.25, 0.3) is 0 Å². The largest absolute Gasteiger partial charge is 0.478 e. The Morgan fingerprint density at radius 3 is 2.38 bits per heavy atom. The molecule has 0 aliphatic carbocycles. The normalized spacial score (nSPS) is 12.0. The third-order valence-corrected chi connectivity index (χ3v) is 3.45. The van der Waals surface area contributed by atoms with Crippen LogP contribution in [0.25, 0.3) is 10.9 Å². The molecule has 2 rings (SSSR count). The Balaban J connectivity index is 0.000000307. The number of carboxylic acids is 2. The van der Waals surface area contributed by atoms with Gasteiger partial charge < -0.3 is 15.9 Å². The predicted molar refractivity (Wildman–Crippen MR) is 94.9 cm³/mol. The zero-order valence-corrected chi connectivity index (χ0v) is 15.0. The predicted octanol–water partition coefficient (Wildman–Crippen LogP) is 2.42. The van der Waals surface area contributed by atoms with Gasteiger partial charge in [-0.1, -0.05) is 22.9 Å². The molecule has 1 aromatic heterocycles. The summed E-state index contributed by atoms with van der Waals surface area (Å²) in [5.41, 5.74) is 8.13. The summed E-state index contributed by atoms with van der Waals surface area (Å²) in [6, 6.07) is 6.39. The minimum absolute atomic E-state index is 0.117. The molecule has 24 heavy (non-hydrogen) atoms. The number of hydrogen-bond donors (Lipinski definition) is 3. The average molecular weight is 398 g/mol. The van der Waals surface area contributed by atoms with Crippen molar-refractivity contribution in [2.75, 3.05) is 0 Å². The molecule has 1 unspecified atom stereocenters. The van der Waals surface area contributed by atoms with E-state index in [1.54, 1.807) is 0 Å². The van der Waals surface area contributed by atoms with Crippen LogP contribution in [0.15, 0.2) is 34.8 Å². The lowest BCUT2D eigenvalue weighted by molar-refractivity contribution is -0.134. The number of carboxylic acid groups (broad SMARTS) is 2. The van der Waals surface area contributed by atoms with Gasteiger partial charge >= 0.3 is 11.9 Å². The molecule has 1 aromatic carbocycles. The fraction of sp³-hybridized carbons (Fsp3) is 0.312. The maximum atomic E-state index is 9.55. The number of aromatic nitrogens is 2. The fourth-order valence-corrected chi connectivity index (χ4v) is 2.38. The number of nitrogens with zero attached hydrogens (tertiary/aromatic N) is 2. The van der Waals surface area contributed by atoms with Gasteiger partial charge in [-0.2, -0.15) is 5.10 Å². The van der Waals surface area contributed by atoms with Crippen molar-refractivity contribution >= 4 is 38.8 Å². The van der Waals surface area contributed by atoms with Crippen LogP contribution in [0.4, 0.5) is 0 Å². The number of rotatable bonds is 5. The molecule has 0 spiro atoms. The summed E-state index contributed by atoms with van der Waals surface area (Å²) in [6.45, 7) is 4.88. The molecule has 2 aromatic rings. The van der Waals surface area contributed by atoms with Crippen LogP contribution in [0.1, 0.15) is 19.5 Å². The highest BCUT2D eigenvalue weighted by Crippen LogP contribution is 2.23. The zero-order chi connectivity index (χ0) is 18.3. The standard InChI is InChI=1S/C12H16BrN3.C4H4O4/c1-3-11-10-5-4-9(13)6-12(10)16(15-11)7-8(2)14;5-3(6)1-2-4(7)8/h4-6,8H,3,7,14H2,1-2H3;1-2H,(H,5,6)(H,7,8)/b;2-1+. The van der Waals surface area contributed by atoms with E-state index >= 15 is 0 Å². The van der Waals surface area contributed by atoms with Crippen molar-refractivity contribution in [2.45, 2.75) is 32.9 Å². The first-order chi connectivity index (χ1) is 11.2. The number of carbonyl (C=O) groups is 2. The first kappa shape index (κ1) is 19.9. The smallest absolute Gasteiger partial charge is 0.328 e. The molecule has 8 heteroatoms. The van der Waals surface area contributed by atoms with Crippen LogP contribution in [0, 0.1) is 0 Å². The third-order valence-electron chi connectivity index (χ3n) is 2.95. The number of nitrogens with two attached hydrogens (primary N) is 1. The van der Waals surface area contributed by atoms with E-state index in [4.69, 9.17) is 15.9 Å². The molecule has 0 saturated carbocycles. The number of aryl methyl sites for hydroxylation is 1. The molecular formula is C16H20BrN3O4. The number of benzene rings is 1. The molecule has 0 aliphatic heterocycles. The summed E-state index contributed by atoms with van der Waals surface area (Å²) in [6.07, 6.45) is 2.06. The Labute approximate surface area is 147 Å². The van der Waals surface area contributed by atoms with Crippen molar-refractivity contribution in [3.8, 4) is 0 Å². The molecule has 0 amide bonds. The quantitative estimate of drug-likeness (QED) is 0.666. The number of hydrogen-bond acceptors (Lipinski definition) is 4. The lowest BCUT2D eigenvalue weighted by atomic mass is 10.2. The van der Waals surface area contributed by atoms with Gasteiger partial charge in [-0.05, 0) is 31.5 Å². The summed E-state index contributed by atoms with van der Waals surface area (Å²) >= 11 is 3.49. The van der Waals surface area contributed by atoms with E-state index in [1.807, 2.05) is 11.6 Å². The Kier molecular flexibility index (Phi) is 7.60. The van der Waals surface area contributed by atoms with Gasteiger partial charge in [0.2, 0.25) is 0 Å². The van der Waals surface area contributed by atoms with Gasteiger partial charge in [-0.25, -0.2) is 9.59 Å². The van der Waals surface area contributed by atoms with E-state index in [2.05, 4.69) is 46.2 Å². The highest BCUT2D eigenvalue weighted by atomic mass is 79.9. The lowest BCUT2D eigenvalue weighted by Gasteiger charge is -2.06. The van der Waals surface area contributed by atoms with Crippen molar-refractivity contribution in [1.82, 2.24) is 9.78 Å². The van der Waals surface area contributed by atoms with Crippen LogP contribution in [0.3, 0.4) is 0 Å². The summed E-state index contributed by atoms with van der Waals surface area (Å²) in [5, 5.41) is 21.5. The Morgan fingerprint density at radius 2 is 1.92 bits per heavy atom. The number of fused-ring (bicyclic) bond motifs is 1. The summed E-state index contributed by atoms with van der Waals surface area (Å²) in [4.78, 5) is 19.1. The molecule has 1 atom stereocenters. The monoisotopic (exact) mass is 397 g/mol. The first-order valence-corrected chi connectivity index (χ1v) is 8.08. The van der Waals surface area contributed by atoms with Gasteiger partial charge in [0.1, 0.15) is 0 Å². The number of aliphatic carboxylic acids is 2. The van der Waals surface area contributed by atoms with Gasteiger partial charge in [-0.15, -0.1) is 0 Å². The van der Waals surface area contributed by atoms with Crippen LogP contribution >= 0.6 is 15.9 Å². The van der Waals surface area contributed by atoms with E-state index < -0.39 is 11.9 Å². The van der Waals surface area contributed by atoms with Crippen molar-refractivity contribution in [3.05, 3.63) is 40.5 Å². The molecule has 0 bridgehead atoms. The molecule has 7 nitrogen and oxygen atoms in total. The van der Waals surface area contributed by atoms with Crippen LogP contribution in [-0.2, 0) is 22.6 Å². The molecule has 130 valence electrons. The van der Waals surface area contributed by atoms with Crippen molar-refractivity contribution in [2.24, 2.45) is 5.73 Å². The highest BCUT2D eigenvalue weighted by molar-refractivity contribution is 9.10. The van der Waals surface area contributed by atoms with Crippen molar-refractivity contribution < 1.29 is 19.8 Å². The summed E-state index contributed by atoms with van der Waals surface area (Å²) in [7, 11) is 0. The summed E-state index contributed by atoms with van der Waals surface area (Å²) < 4.78 is 3.08. The molecule has 0 aliphatic rings. The molecule has 0 radical (unpaired) electrons. The van der Waals surface area contributed by atoms with Crippen molar-refractivity contribution in [3.63, 3.8) is 0 Å². The van der Waals surface area contributed by atoms with Crippen LogP contribution < -0.4 is 5.73 Å². The van der Waals surface area contributed by atoms with Gasteiger partial charge in [0.05, 0.1) is 17.8 Å². The van der Waals surface area contributed by atoms with E-state index in [0.29, 0.717) is 12.2 Å². The van der Waals surface area contributed by atoms with Crippen LogP contribution in [0.2, 0.25) is 0 Å². The second-order valence-electron chi connectivity index (χ2n) is 5.13. The fourth-order valence-electron chi connectivity index (χ4n) is 2.03. The highest BCUT2D eigenvalue weighted by Gasteiger charge is 2.10. The van der Waals surface area contributed by atoms with Gasteiger partial charge in [0.15, 0.2) is 0 Å². The minimum Gasteiger partial charge on any atom is -0.478 e. The molecule has 1 heterocycles. The third kappa shape index (κ3) is 6.13. The molecule has 0 fully saturated rings. The van der Waals surface area contributed by atoms with E-state index in [0.717, 1.165) is 28.6 Å². The maximum absolute atomic E-state index is 9.55. The maximum Gasteiger partial charge on any atom is 0.328 e. The lowest BCUT2D eigenvalue weighted by Crippen LogP contribution is -2.22. The Hall–Kier alpha value is -2.19. The Bertz CT molecular complexity index is 737. The average Bonchev–Trinajstić information content (AvgIpc) is 2.82. The summed E-state index contributed by atoms with van der Waals surface area (Å²) in [5.74, 6) is -2.51.